The topological polar surface area (TPSA) is 78.9 Å². The van der Waals surface area contributed by atoms with Crippen LogP contribution < -0.4 is 5.32 Å². The summed E-state index contributed by atoms with van der Waals surface area (Å²) in [6.45, 7) is 3.96. The summed E-state index contributed by atoms with van der Waals surface area (Å²) in [5.41, 5.74) is -0.457. The van der Waals surface area contributed by atoms with Crippen molar-refractivity contribution in [3.8, 4) is 0 Å². The number of carbonyl (C=O) groups is 2. The van der Waals surface area contributed by atoms with Crippen LogP contribution >= 0.6 is 0 Å². The molecule has 0 radical (unpaired) electrons. The maximum absolute atomic E-state index is 12.7. The van der Waals surface area contributed by atoms with Gasteiger partial charge < -0.3 is 20.1 Å². The van der Waals surface area contributed by atoms with Crippen LogP contribution in [-0.2, 0) is 14.3 Å². The molecule has 1 saturated heterocycles. The number of hydrogen-bond donors (Lipinski definition) is 2. The molecule has 0 aliphatic carbocycles. The number of amides is 1. The first-order chi connectivity index (χ1) is 9.05. The minimum Gasteiger partial charge on any atom is -0.480 e. The summed E-state index contributed by atoms with van der Waals surface area (Å²) in [4.78, 5) is 25.0. The molecule has 0 aromatic carbocycles. The molecule has 6 heteroatoms. The average Bonchev–Trinajstić information content (AvgIpc) is 2.43. The van der Waals surface area contributed by atoms with Crippen molar-refractivity contribution in [3.63, 3.8) is 0 Å². The highest BCUT2D eigenvalue weighted by Crippen LogP contribution is 2.32. The molecule has 0 spiro atoms. The predicted molar refractivity (Wildman–Crippen MR) is 70.9 cm³/mol. The Labute approximate surface area is 114 Å². The molecule has 1 amide bonds. The summed E-state index contributed by atoms with van der Waals surface area (Å²) in [5, 5.41) is 12.2. The SMILES string of the molecule is CCC1(C(=O)N(CCOC)CC(=O)O)CCCNC1. The lowest BCUT2D eigenvalue weighted by molar-refractivity contribution is -0.151. The van der Waals surface area contributed by atoms with Crippen LogP contribution in [0, 0.1) is 5.41 Å². The number of hydrogen-bond acceptors (Lipinski definition) is 4. The first kappa shape index (κ1) is 15.9. The molecule has 1 aliphatic rings. The number of nitrogens with zero attached hydrogens (tertiary/aromatic N) is 1. The number of carboxylic acids is 1. The van der Waals surface area contributed by atoms with Gasteiger partial charge in [-0.3, -0.25) is 9.59 Å². The number of rotatable bonds is 7. The second-order valence-corrected chi connectivity index (χ2v) is 5.03. The number of methoxy groups -OCH3 is 1. The van der Waals surface area contributed by atoms with Gasteiger partial charge in [-0.05, 0) is 25.8 Å². The Morgan fingerprint density at radius 3 is 2.68 bits per heavy atom. The van der Waals surface area contributed by atoms with Gasteiger partial charge in [0.1, 0.15) is 6.54 Å². The molecule has 19 heavy (non-hydrogen) atoms. The lowest BCUT2D eigenvalue weighted by Crippen LogP contribution is -2.53. The fourth-order valence-electron chi connectivity index (χ4n) is 2.56. The van der Waals surface area contributed by atoms with Gasteiger partial charge in [0.2, 0.25) is 5.91 Å². The summed E-state index contributed by atoms with van der Waals surface area (Å²) in [7, 11) is 1.54. The molecule has 1 unspecified atom stereocenters. The Morgan fingerprint density at radius 2 is 2.21 bits per heavy atom. The van der Waals surface area contributed by atoms with Crippen molar-refractivity contribution in [1.29, 1.82) is 0 Å². The summed E-state index contributed by atoms with van der Waals surface area (Å²) < 4.78 is 4.96. The van der Waals surface area contributed by atoms with Crippen LogP contribution in [0.4, 0.5) is 0 Å². The summed E-state index contributed by atoms with van der Waals surface area (Å²) in [6, 6.07) is 0. The molecule has 2 N–H and O–H groups in total. The smallest absolute Gasteiger partial charge is 0.323 e. The van der Waals surface area contributed by atoms with E-state index in [0.717, 1.165) is 25.8 Å². The Balaban J connectivity index is 2.79. The van der Waals surface area contributed by atoms with Crippen LogP contribution in [0.3, 0.4) is 0 Å². The molecule has 0 aromatic rings. The molecule has 0 bridgehead atoms. The maximum atomic E-state index is 12.7. The summed E-state index contributed by atoms with van der Waals surface area (Å²) >= 11 is 0. The Bertz CT molecular complexity index is 314. The molecule has 6 nitrogen and oxygen atoms in total. The molecule has 110 valence electrons. The van der Waals surface area contributed by atoms with Crippen molar-refractivity contribution >= 4 is 11.9 Å². The zero-order valence-corrected chi connectivity index (χ0v) is 11.8. The lowest BCUT2D eigenvalue weighted by Gasteiger charge is -2.39. The van der Waals surface area contributed by atoms with Crippen molar-refractivity contribution in [2.45, 2.75) is 26.2 Å². The molecule has 1 heterocycles. The van der Waals surface area contributed by atoms with Gasteiger partial charge in [0.15, 0.2) is 0 Å². The molecule has 0 aromatic heterocycles. The van der Waals surface area contributed by atoms with E-state index >= 15 is 0 Å². The molecule has 1 rings (SSSR count). The molecular weight excluding hydrogens is 248 g/mol. The number of piperidine rings is 1. The third-order valence-corrected chi connectivity index (χ3v) is 3.78. The monoisotopic (exact) mass is 272 g/mol. The number of carboxylic acid groups (broad SMARTS) is 1. The Kier molecular flexibility index (Phi) is 6.24. The van der Waals surface area contributed by atoms with Crippen LogP contribution in [0.25, 0.3) is 0 Å². The van der Waals surface area contributed by atoms with Crippen molar-refractivity contribution < 1.29 is 19.4 Å². The third-order valence-electron chi connectivity index (χ3n) is 3.78. The Morgan fingerprint density at radius 1 is 1.47 bits per heavy atom. The van der Waals surface area contributed by atoms with Crippen molar-refractivity contribution in [2.24, 2.45) is 5.41 Å². The first-order valence-corrected chi connectivity index (χ1v) is 6.76. The molecule has 1 atom stereocenters. The fraction of sp³-hybridized carbons (Fsp3) is 0.846. The highest BCUT2D eigenvalue weighted by molar-refractivity contribution is 5.86. The third kappa shape index (κ3) is 4.18. The average molecular weight is 272 g/mol. The highest BCUT2D eigenvalue weighted by Gasteiger charge is 2.40. The second-order valence-electron chi connectivity index (χ2n) is 5.03. The van der Waals surface area contributed by atoms with E-state index in [1.54, 1.807) is 7.11 Å². The lowest BCUT2D eigenvalue weighted by atomic mass is 9.77. The summed E-state index contributed by atoms with van der Waals surface area (Å²) in [6.07, 6.45) is 2.49. The van der Waals surface area contributed by atoms with E-state index in [4.69, 9.17) is 9.84 Å². The number of carbonyl (C=O) groups excluding carboxylic acids is 1. The minimum atomic E-state index is -0.987. The molecular formula is C13H24N2O4. The van der Waals surface area contributed by atoms with Crippen LogP contribution in [0.15, 0.2) is 0 Å². The minimum absolute atomic E-state index is 0.0679. The van der Waals surface area contributed by atoms with Crippen molar-refractivity contribution in [1.82, 2.24) is 10.2 Å². The fourth-order valence-corrected chi connectivity index (χ4v) is 2.56. The normalized spacial score (nSPS) is 23.1. The Hall–Kier alpha value is -1.14. The van der Waals surface area contributed by atoms with Gasteiger partial charge in [0, 0.05) is 20.2 Å². The maximum Gasteiger partial charge on any atom is 0.323 e. The number of nitrogens with one attached hydrogen (secondary N) is 1. The largest absolute Gasteiger partial charge is 0.480 e. The van der Waals surface area contributed by atoms with E-state index in [9.17, 15) is 9.59 Å². The van der Waals surface area contributed by atoms with Gasteiger partial charge >= 0.3 is 5.97 Å². The van der Waals surface area contributed by atoms with Crippen LogP contribution in [0.2, 0.25) is 0 Å². The number of aliphatic carboxylic acids is 1. The van der Waals surface area contributed by atoms with Gasteiger partial charge in [-0.1, -0.05) is 6.92 Å². The zero-order chi connectivity index (χ0) is 14.3. The van der Waals surface area contributed by atoms with Gasteiger partial charge in [-0.2, -0.15) is 0 Å². The predicted octanol–water partition coefficient (Wildman–Crippen LogP) is 0.326. The quantitative estimate of drug-likeness (QED) is 0.698. The summed E-state index contributed by atoms with van der Waals surface area (Å²) in [5.74, 6) is -1.05. The van der Waals surface area contributed by atoms with E-state index < -0.39 is 11.4 Å². The van der Waals surface area contributed by atoms with Crippen LogP contribution in [0.1, 0.15) is 26.2 Å². The second kappa shape index (κ2) is 7.45. The van der Waals surface area contributed by atoms with Gasteiger partial charge in [0.25, 0.3) is 0 Å². The first-order valence-electron chi connectivity index (χ1n) is 6.76. The highest BCUT2D eigenvalue weighted by atomic mass is 16.5. The van der Waals surface area contributed by atoms with Crippen molar-refractivity contribution in [2.75, 3.05) is 39.9 Å². The van der Waals surface area contributed by atoms with E-state index in [2.05, 4.69) is 5.32 Å². The standard InChI is InChI=1S/C13H24N2O4/c1-3-13(5-4-6-14-10-13)12(18)15(7-8-19-2)9-11(16)17/h14H,3-10H2,1-2H3,(H,16,17). The molecule has 1 aliphatic heterocycles. The molecule has 1 fully saturated rings. The van der Waals surface area contributed by atoms with Gasteiger partial charge in [-0.15, -0.1) is 0 Å². The van der Waals surface area contributed by atoms with E-state index in [0.29, 0.717) is 19.7 Å². The molecule has 0 saturated carbocycles. The van der Waals surface area contributed by atoms with Gasteiger partial charge in [0.05, 0.1) is 12.0 Å². The van der Waals surface area contributed by atoms with E-state index in [1.165, 1.54) is 4.90 Å². The number of ether oxygens (including phenoxy) is 1. The van der Waals surface area contributed by atoms with Gasteiger partial charge in [-0.25, -0.2) is 0 Å². The zero-order valence-electron chi connectivity index (χ0n) is 11.8. The van der Waals surface area contributed by atoms with Crippen LogP contribution in [0.5, 0.6) is 0 Å². The van der Waals surface area contributed by atoms with E-state index in [-0.39, 0.29) is 12.5 Å². The van der Waals surface area contributed by atoms with Crippen LogP contribution in [-0.4, -0.2) is 61.8 Å². The van der Waals surface area contributed by atoms with Crippen molar-refractivity contribution in [3.05, 3.63) is 0 Å². The van der Waals surface area contributed by atoms with E-state index in [1.807, 2.05) is 6.92 Å².